The molecule has 1 fully saturated rings. The quantitative estimate of drug-likeness (QED) is 0.744. The van der Waals surface area contributed by atoms with Crippen LogP contribution in [0.15, 0.2) is 0 Å². The third-order valence-electron chi connectivity index (χ3n) is 3.47. The summed E-state index contributed by atoms with van der Waals surface area (Å²) in [5.74, 6) is 0.271. The number of carbonyl (C=O) groups is 1. The molecular formula is C12H25N3O. The lowest BCUT2D eigenvalue weighted by molar-refractivity contribution is -0.132. The number of rotatable bonds is 5. The number of amides is 1. The van der Waals surface area contributed by atoms with E-state index in [0.29, 0.717) is 12.6 Å². The fourth-order valence-corrected chi connectivity index (χ4v) is 2.25. The molecule has 0 spiro atoms. The summed E-state index contributed by atoms with van der Waals surface area (Å²) < 4.78 is 0. The second-order valence-electron chi connectivity index (χ2n) is 4.41. The van der Waals surface area contributed by atoms with Crippen LogP contribution in [0.3, 0.4) is 0 Å². The average Bonchev–Trinajstić information content (AvgIpc) is 2.31. The second kappa shape index (κ2) is 6.86. The summed E-state index contributed by atoms with van der Waals surface area (Å²) in [6, 6.07) is 0.639. The van der Waals surface area contributed by atoms with Crippen LogP contribution >= 0.6 is 0 Å². The van der Waals surface area contributed by atoms with Gasteiger partial charge in [-0.1, -0.05) is 0 Å². The zero-order chi connectivity index (χ0) is 12.0. The first kappa shape index (κ1) is 13.5. The van der Waals surface area contributed by atoms with Crippen molar-refractivity contribution in [2.24, 2.45) is 0 Å². The van der Waals surface area contributed by atoms with Crippen LogP contribution in [0.25, 0.3) is 0 Å². The van der Waals surface area contributed by atoms with Gasteiger partial charge in [-0.3, -0.25) is 9.69 Å². The van der Waals surface area contributed by atoms with E-state index in [1.165, 1.54) is 0 Å². The molecule has 4 nitrogen and oxygen atoms in total. The molecule has 0 aromatic carbocycles. The van der Waals surface area contributed by atoms with Gasteiger partial charge in [-0.2, -0.15) is 0 Å². The zero-order valence-corrected chi connectivity index (χ0v) is 10.8. The van der Waals surface area contributed by atoms with Crippen LogP contribution in [0.1, 0.15) is 26.7 Å². The Morgan fingerprint density at radius 1 is 1.31 bits per heavy atom. The number of hydrogen-bond acceptors (Lipinski definition) is 3. The first-order chi connectivity index (χ1) is 7.71. The van der Waals surface area contributed by atoms with Gasteiger partial charge >= 0.3 is 0 Å². The lowest BCUT2D eigenvalue weighted by Gasteiger charge is -2.32. The molecule has 94 valence electrons. The predicted octanol–water partition coefficient (Wildman–Crippen LogP) is 0.539. The molecule has 0 aromatic heterocycles. The number of hydrogen-bond donors (Lipinski definition) is 1. The molecule has 0 saturated carbocycles. The van der Waals surface area contributed by atoms with E-state index in [-0.39, 0.29) is 5.91 Å². The molecule has 1 saturated heterocycles. The van der Waals surface area contributed by atoms with E-state index >= 15 is 0 Å². The van der Waals surface area contributed by atoms with Crippen LogP contribution in [0.5, 0.6) is 0 Å². The van der Waals surface area contributed by atoms with Gasteiger partial charge in [0.1, 0.15) is 0 Å². The van der Waals surface area contributed by atoms with E-state index in [4.69, 9.17) is 0 Å². The van der Waals surface area contributed by atoms with Crippen molar-refractivity contribution in [1.82, 2.24) is 15.1 Å². The summed E-state index contributed by atoms with van der Waals surface area (Å²) in [6.07, 6.45) is 2.31. The summed E-state index contributed by atoms with van der Waals surface area (Å²) in [4.78, 5) is 16.1. The van der Waals surface area contributed by atoms with Crippen LogP contribution in [0.4, 0.5) is 0 Å². The Balaban J connectivity index is 2.30. The summed E-state index contributed by atoms with van der Waals surface area (Å²) >= 11 is 0. The molecule has 0 bridgehead atoms. The molecule has 0 atom stereocenters. The van der Waals surface area contributed by atoms with E-state index in [1.54, 1.807) is 0 Å². The summed E-state index contributed by atoms with van der Waals surface area (Å²) in [5.41, 5.74) is 0. The van der Waals surface area contributed by atoms with Gasteiger partial charge in [-0.25, -0.2) is 0 Å². The van der Waals surface area contributed by atoms with Crippen molar-refractivity contribution in [3.63, 3.8) is 0 Å². The van der Waals surface area contributed by atoms with Crippen molar-refractivity contribution < 1.29 is 4.79 Å². The minimum absolute atomic E-state index is 0.271. The van der Waals surface area contributed by atoms with E-state index in [0.717, 1.165) is 39.0 Å². The molecule has 1 N–H and O–H groups in total. The molecule has 0 aliphatic carbocycles. The fourth-order valence-electron chi connectivity index (χ4n) is 2.25. The van der Waals surface area contributed by atoms with Crippen LogP contribution in [-0.4, -0.2) is 61.5 Å². The van der Waals surface area contributed by atoms with Gasteiger partial charge in [0.2, 0.25) is 5.91 Å². The maximum atomic E-state index is 11.9. The molecule has 0 radical (unpaired) electrons. The molecule has 1 aliphatic rings. The van der Waals surface area contributed by atoms with E-state index < -0.39 is 0 Å². The highest BCUT2D eigenvalue weighted by atomic mass is 16.2. The third-order valence-corrected chi connectivity index (χ3v) is 3.47. The molecule has 1 rings (SSSR count). The Morgan fingerprint density at radius 3 is 2.31 bits per heavy atom. The number of piperidine rings is 1. The highest BCUT2D eigenvalue weighted by Gasteiger charge is 2.20. The molecule has 0 aromatic rings. The minimum atomic E-state index is 0.271. The number of carbonyl (C=O) groups excluding carboxylic acids is 1. The first-order valence-corrected chi connectivity index (χ1v) is 6.38. The predicted molar refractivity (Wildman–Crippen MR) is 66.4 cm³/mol. The number of likely N-dealkylation sites (N-methyl/N-ethyl adjacent to an activating group) is 1. The smallest absolute Gasteiger partial charge is 0.236 e. The molecular weight excluding hydrogens is 202 g/mol. The fraction of sp³-hybridized carbons (Fsp3) is 0.917. The number of likely N-dealkylation sites (tertiary alicyclic amines) is 1. The van der Waals surface area contributed by atoms with Crippen molar-refractivity contribution >= 4 is 5.91 Å². The maximum Gasteiger partial charge on any atom is 0.236 e. The molecule has 1 amide bonds. The van der Waals surface area contributed by atoms with Crippen molar-refractivity contribution in [3.8, 4) is 0 Å². The minimum Gasteiger partial charge on any atom is -0.342 e. The van der Waals surface area contributed by atoms with Crippen LogP contribution in [-0.2, 0) is 4.79 Å². The van der Waals surface area contributed by atoms with Gasteiger partial charge in [0.25, 0.3) is 0 Å². The van der Waals surface area contributed by atoms with Gasteiger partial charge in [0, 0.05) is 32.2 Å². The van der Waals surface area contributed by atoms with Crippen molar-refractivity contribution in [3.05, 3.63) is 0 Å². The highest BCUT2D eigenvalue weighted by molar-refractivity contribution is 5.78. The number of nitrogens with one attached hydrogen (secondary N) is 1. The zero-order valence-electron chi connectivity index (χ0n) is 10.8. The van der Waals surface area contributed by atoms with Crippen LogP contribution in [0.2, 0.25) is 0 Å². The van der Waals surface area contributed by atoms with Crippen molar-refractivity contribution in [1.29, 1.82) is 0 Å². The van der Waals surface area contributed by atoms with Gasteiger partial charge in [-0.15, -0.1) is 0 Å². The second-order valence-corrected chi connectivity index (χ2v) is 4.41. The summed E-state index contributed by atoms with van der Waals surface area (Å²) in [5, 5.41) is 3.30. The Labute approximate surface area is 99.0 Å². The van der Waals surface area contributed by atoms with Crippen LogP contribution < -0.4 is 5.32 Å². The largest absolute Gasteiger partial charge is 0.342 e. The van der Waals surface area contributed by atoms with Gasteiger partial charge < -0.3 is 10.2 Å². The summed E-state index contributed by atoms with van der Waals surface area (Å²) in [6.45, 7) is 8.39. The van der Waals surface area contributed by atoms with Gasteiger partial charge in [0.15, 0.2) is 0 Å². The van der Waals surface area contributed by atoms with Gasteiger partial charge in [0.05, 0.1) is 6.54 Å². The molecule has 4 heteroatoms. The molecule has 1 aliphatic heterocycles. The van der Waals surface area contributed by atoms with Crippen molar-refractivity contribution in [2.75, 3.05) is 39.8 Å². The Morgan fingerprint density at radius 2 is 1.88 bits per heavy atom. The Kier molecular flexibility index (Phi) is 5.77. The van der Waals surface area contributed by atoms with Crippen LogP contribution in [0, 0.1) is 0 Å². The monoisotopic (exact) mass is 227 g/mol. The SMILES string of the molecule is CCN(CC)C(=O)CN1CCC(NC)CC1. The van der Waals surface area contributed by atoms with E-state index in [9.17, 15) is 4.79 Å². The third kappa shape index (κ3) is 3.76. The standard InChI is InChI=1S/C12H25N3O/c1-4-15(5-2)12(16)10-14-8-6-11(13-3)7-9-14/h11,13H,4-10H2,1-3H3. The maximum absolute atomic E-state index is 11.9. The highest BCUT2D eigenvalue weighted by Crippen LogP contribution is 2.09. The molecule has 16 heavy (non-hydrogen) atoms. The molecule has 1 heterocycles. The lowest BCUT2D eigenvalue weighted by atomic mass is 10.1. The lowest BCUT2D eigenvalue weighted by Crippen LogP contribution is -2.46. The Bertz CT molecular complexity index is 208. The van der Waals surface area contributed by atoms with Crippen molar-refractivity contribution in [2.45, 2.75) is 32.7 Å². The molecule has 0 unspecified atom stereocenters. The number of nitrogens with zero attached hydrogens (tertiary/aromatic N) is 2. The summed E-state index contributed by atoms with van der Waals surface area (Å²) in [7, 11) is 2.02. The normalized spacial score (nSPS) is 18.7. The van der Waals surface area contributed by atoms with E-state index in [2.05, 4.69) is 10.2 Å². The first-order valence-electron chi connectivity index (χ1n) is 6.38. The Hall–Kier alpha value is -0.610. The van der Waals surface area contributed by atoms with E-state index in [1.807, 2.05) is 25.8 Å². The average molecular weight is 227 g/mol. The topological polar surface area (TPSA) is 35.6 Å². The van der Waals surface area contributed by atoms with Gasteiger partial charge in [-0.05, 0) is 33.7 Å².